The number of esters is 2. The average molecular weight is 555 g/mol. The van der Waals surface area contributed by atoms with Gasteiger partial charge in [0.15, 0.2) is 0 Å². The van der Waals surface area contributed by atoms with Crippen molar-refractivity contribution in [2.75, 3.05) is 19.8 Å². The van der Waals surface area contributed by atoms with Crippen LogP contribution in [-0.2, 0) is 9.47 Å². The Balaban J connectivity index is 1.62. The molecule has 6 heteroatoms. The van der Waals surface area contributed by atoms with Gasteiger partial charge in [0, 0.05) is 6.61 Å². The standard InChI is InChI=1S/C34H50O6/c1-4-6-8-9-10-14-26-38-31-21-17-30(18-22-31)34(36)40-32-23-19-29(20-24-32)33(35)39-27-15-11-12-16-28(3)37-25-13-7-5-2/h17-24,28H,4-16,25-27H2,1-3H3. The normalized spacial score (nSPS) is 11.7. The molecule has 2 aromatic rings. The van der Waals surface area contributed by atoms with Gasteiger partial charge in [-0.25, -0.2) is 9.59 Å². The van der Waals surface area contributed by atoms with Gasteiger partial charge in [-0.3, -0.25) is 0 Å². The summed E-state index contributed by atoms with van der Waals surface area (Å²) in [5, 5.41) is 0. The maximum Gasteiger partial charge on any atom is 0.343 e. The van der Waals surface area contributed by atoms with Crippen molar-refractivity contribution >= 4 is 11.9 Å². The number of benzene rings is 2. The molecule has 1 unspecified atom stereocenters. The molecule has 0 saturated carbocycles. The van der Waals surface area contributed by atoms with Crippen LogP contribution in [0.2, 0.25) is 0 Å². The Morgan fingerprint density at radius 2 is 1.12 bits per heavy atom. The smallest absolute Gasteiger partial charge is 0.343 e. The molecule has 0 N–H and O–H groups in total. The van der Waals surface area contributed by atoms with Crippen molar-refractivity contribution in [3.8, 4) is 11.5 Å². The molecular formula is C34H50O6. The summed E-state index contributed by atoms with van der Waals surface area (Å²) >= 11 is 0. The van der Waals surface area contributed by atoms with Crippen LogP contribution in [0, 0.1) is 0 Å². The molecule has 0 fully saturated rings. The van der Waals surface area contributed by atoms with Gasteiger partial charge in [-0.15, -0.1) is 0 Å². The third-order valence-electron chi connectivity index (χ3n) is 6.80. The zero-order valence-electron chi connectivity index (χ0n) is 25.0. The highest BCUT2D eigenvalue weighted by Crippen LogP contribution is 2.18. The Labute approximate surface area is 241 Å². The number of hydrogen-bond donors (Lipinski definition) is 0. The molecule has 0 radical (unpaired) electrons. The van der Waals surface area contributed by atoms with Crippen molar-refractivity contribution in [3.05, 3.63) is 59.7 Å². The second-order valence-electron chi connectivity index (χ2n) is 10.4. The molecule has 6 nitrogen and oxygen atoms in total. The minimum atomic E-state index is -0.460. The lowest BCUT2D eigenvalue weighted by Crippen LogP contribution is -2.10. The largest absolute Gasteiger partial charge is 0.494 e. The summed E-state index contributed by atoms with van der Waals surface area (Å²) in [4.78, 5) is 24.9. The summed E-state index contributed by atoms with van der Waals surface area (Å²) in [7, 11) is 0. The maximum absolute atomic E-state index is 12.5. The first-order chi connectivity index (χ1) is 19.5. The van der Waals surface area contributed by atoms with E-state index in [9.17, 15) is 9.59 Å². The molecule has 0 aliphatic carbocycles. The van der Waals surface area contributed by atoms with E-state index < -0.39 is 5.97 Å². The predicted octanol–water partition coefficient (Wildman–Crippen LogP) is 8.96. The topological polar surface area (TPSA) is 71.1 Å². The van der Waals surface area contributed by atoms with Crippen molar-refractivity contribution in [2.24, 2.45) is 0 Å². The summed E-state index contributed by atoms with van der Waals surface area (Å²) in [5.74, 6) is 0.283. The number of carbonyl (C=O) groups excluding carboxylic acids is 2. The lowest BCUT2D eigenvalue weighted by molar-refractivity contribution is 0.0477. The molecule has 2 rings (SSSR count). The van der Waals surface area contributed by atoms with Crippen molar-refractivity contribution in [2.45, 2.75) is 110 Å². The van der Waals surface area contributed by atoms with E-state index in [1.807, 2.05) is 0 Å². The Morgan fingerprint density at radius 1 is 0.600 bits per heavy atom. The Bertz CT molecular complexity index is 938. The van der Waals surface area contributed by atoms with Crippen molar-refractivity contribution in [1.82, 2.24) is 0 Å². The zero-order valence-corrected chi connectivity index (χ0v) is 25.0. The van der Waals surface area contributed by atoms with Crippen LogP contribution in [0.4, 0.5) is 0 Å². The van der Waals surface area contributed by atoms with Crippen molar-refractivity contribution in [3.63, 3.8) is 0 Å². The summed E-state index contributed by atoms with van der Waals surface area (Å²) in [6.07, 6.45) is 15.0. The van der Waals surface area contributed by atoms with Gasteiger partial charge in [0.1, 0.15) is 11.5 Å². The fourth-order valence-electron chi connectivity index (χ4n) is 4.26. The van der Waals surface area contributed by atoms with Crippen LogP contribution in [0.1, 0.15) is 125 Å². The first-order valence-electron chi connectivity index (χ1n) is 15.4. The predicted molar refractivity (Wildman–Crippen MR) is 160 cm³/mol. The van der Waals surface area contributed by atoms with Crippen LogP contribution < -0.4 is 9.47 Å². The molecule has 0 aliphatic rings. The molecule has 0 amide bonds. The molecule has 1 atom stereocenters. The first-order valence-corrected chi connectivity index (χ1v) is 15.4. The van der Waals surface area contributed by atoms with Crippen LogP contribution in [0.25, 0.3) is 0 Å². The van der Waals surface area contributed by atoms with Gasteiger partial charge in [-0.05, 0) is 87.6 Å². The van der Waals surface area contributed by atoms with Gasteiger partial charge in [-0.2, -0.15) is 0 Å². The van der Waals surface area contributed by atoms with Crippen LogP contribution in [0.15, 0.2) is 48.5 Å². The molecule has 222 valence electrons. The summed E-state index contributed by atoms with van der Waals surface area (Å²) < 4.78 is 22.4. The van der Waals surface area contributed by atoms with Crippen molar-refractivity contribution < 1.29 is 28.5 Å². The molecule has 0 aliphatic heterocycles. The Kier molecular flexibility index (Phi) is 17.5. The molecule has 2 aromatic carbocycles. The summed E-state index contributed by atoms with van der Waals surface area (Å²) in [6.45, 7) is 8.44. The van der Waals surface area contributed by atoms with Crippen LogP contribution in [-0.4, -0.2) is 37.9 Å². The minimum absolute atomic E-state index is 0.278. The first kappa shape index (κ1) is 33.3. The summed E-state index contributed by atoms with van der Waals surface area (Å²) in [5.41, 5.74) is 0.869. The molecule has 0 bridgehead atoms. The lowest BCUT2D eigenvalue weighted by atomic mass is 10.1. The zero-order chi connectivity index (χ0) is 28.8. The van der Waals surface area contributed by atoms with Crippen LogP contribution >= 0.6 is 0 Å². The van der Waals surface area contributed by atoms with Gasteiger partial charge in [-0.1, -0.05) is 65.2 Å². The lowest BCUT2D eigenvalue weighted by Gasteiger charge is -2.12. The van der Waals surface area contributed by atoms with E-state index >= 15 is 0 Å². The van der Waals surface area contributed by atoms with Crippen LogP contribution in [0.5, 0.6) is 11.5 Å². The number of ether oxygens (including phenoxy) is 4. The van der Waals surface area contributed by atoms with E-state index in [0.717, 1.165) is 50.9 Å². The van der Waals surface area contributed by atoms with Crippen LogP contribution in [0.3, 0.4) is 0 Å². The van der Waals surface area contributed by atoms with Gasteiger partial charge in [0.2, 0.25) is 0 Å². The number of hydrogen-bond acceptors (Lipinski definition) is 6. The number of carbonyl (C=O) groups is 2. The second-order valence-corrected chi connectivity index (χ2v) is 10.4. The fraction of sp³-hybridized carbons (Fsp3) is 0.588. The molecule has 0 heterocycles. The van der Waals surface area contributed by atoms with E-state index in [-0.39, 0.29) is 12.1 Å². The molecule has 0 aromatic heterocycles. The van der Waals surface area contributed by atoms with Gasteiger partial charge < -0.3 is 18.9 Å². The van der Waals surface area contributed by atoms with E-state index in [2.05, 4.69) is 20.8 Å². The Morgan fingerprint density at radius 3 is 1.82 bits per heavy atom. The van der Waals surface area contributed by atoms with E-state index in [1.165, 1.54) is 44.9 Å². The molecule has 0 spiro atoms. The van der Waals surface area contributed by atoms with Crippen molar-refractivity contribution in [1.29, 1.82) is 0 Å². The SMILES string of the molecule is CCCCCCCCOc1ccc(C(=O)Oc2ccc(C(=O)OCCCCCC(C)OCCCCC)cc2)cc1. The third-order valence-corrected chi connectivity index (χ3v) is 6.80. The molecule has 40 heavy (non-hydrogen) atoms. The summed E-state index contributed by atoms with van der Waals surface area (Å²) in [6, 6.07) is 13.4. The van der Waals surface area contributed by atoms with Gasteiger partial charge in [0.25, 0.3) is 0 Å². The van der Waals surface area contributed by atoms with Gasteiger partial charge in [0.05, 0.1) is 30.4 Å². The highest BCUT2D eigenvalue weighted by molar-refractivity contribution is 5.92. The van der Waals surface area contributed by atoms with E-state index in [1.54, 1.807) is 48.5 Å². The van der Waals surface area contributed by atoms with E-state index in [0.29, 0.717) is 30.1 Å². The maximum atomic E-state index is 12.5. The highest BCUT2D eigenvalue weighted by Gasteiger charge is 2.11. The second kappa shape index (κ2) is 21.0. The Hall–Kier alpha value is -2.86. The number of unbranched alkanes of at least 4 members (excludes halogenated alkanes) is 9. The van der Waals surface area contributed by atoms with E-state index in [4.69, 9.17) is 18.9 Å². The minimum Gasteiger partial charge on any atom is -0.494 e. The average Bonchev–Trinajstić information content (AvgIpc) is 2.97. The quantitative estimate of drug-likeness (QED) is 0.0822. The van der Waals surface area contributed by atoms with Gasteiger partial charge >= 0.3 is 11.9 Å². The third kappa shape index (κ3) is 14.5. The highest BCUT2D eigenvalue weighted by atomic mass is 16.5. The molecule has 0 saturated heterocycles. The molecular weight excluding hydrogens is 504 g/mol. The fourth-order valence-corrected chi connectivity index (χ4v) is 4.26. The number of rotatable bonds is 22. The monoisotopic (exact) mass is 554 g/mol.